The van der Waals surface area contributed by atoms with Crippen molar-refractivity contribution in [2.24, 2.45) is 0 Å². The number of methoxy groups -OCH3 is 1. The first kappa shape index (κ1) is 25.9. The number of hydrogen-bond donors (Lipinski definition) is 3. The minimum absolute atomic E-state index is 0.265. The topological polar surface area (TPSA) is 111 Å². The summed E-state index contributed by atoms with van der Waals surface area (Å²) in [5.41, 5.74) is 3.75. The largest absolute Gasteiger partial charge is 0.494 e. The number of aromatic nitrogens is 4. The van der Waals surface area contributed by atoms with E-state index in [-0.39, 0.29) is 5.56 Å². The van der Waals surface area contributed by atoms with Gasteiger partial charge in [0.25, 0.3) is 5.56 Å². The molecule has 10 heteroatoms. The Balaban J connectivity index is 0.000000529. The minimum Gasteiger partial charge on any atom is -0.494 e. The van der Waals surface area contributed by atoms with Gasteiger partial charge in [-0.1, -0.05) is 18.2 Å². The second kappa shape index (κ2) is 12.2. The lowest BCUT2D eigenvalue weighted by atomic mass is 10.0. The highest BCUT2D eigenvalue weighted by Gasteiger charge is 2.17. The zero-order valence-electron chi connectivity index (χ0n) is 22.2. The van der Waals surface area contributed by atoms with Crippen molar-refractivity contribution in [1.82, 2.24) is 30.2 Å². The highest BCUT2D eigenvalue weighted by Crippen LogP contribution is 2.32. The maximum Gasteiger partial charge on any atom is 0.276 e. The molecular formula is C28H36N8O2. The van der Waals surface area contributed by atoms with E-state index in [2.05, 4.69) is 53.5 Å². The third kappa shape index (κ3) is 6.20. The van der Waals surface area contributed by atoms with Gasteiger partial charge < -0.3 is 30.2 Å². The molecule has 4 heterocycles. The molecule has 38 heavy (non-hydrogen) atoms. The van der Waals surface area contributed by atoms with Crippen LogP contribution in [0.2, 0.25) is 0 Å². The van der Waals surface area contributed by atoms with E-state index < -0.39 is 0 Å². The van der Waals surface area contributed by atoms with Crippen molar-refractivity contribution in [3.63, 3.8) is 0 Å². The molecule has 2 saturated heterocycles. The van der Waals surface area contributed by atoms with Crippen molar-refractivity contribution in [2.45, 2.75) is 25.7 Å². The zero-order chi connectivity index (χ0) is 26.3. The number of anilines is 3. The number of benzene rings is 1. The van der Waals surface area contributed by atoms with Crippen LogP contribution in [0.3, 0.4) is 0 Å². The first-order valence-corrected chi connectivity index (χ1v) is 13.3. The highest BCUT2D eigenvalue weighted by atomic mass is 16.5. The summed E-state index contributed by atoms with van der Waals surface area (Å²) in [6, 6.07) is 6.06. The molecule has 0 radical (unpaired) electrons. The number of nitrogens with zero attached hydrogens (tertiary/aromatic N) is 5. The first-order chi connectivity index (χ1) is 18.6. The summed E-state index contributed by atoms with van der Waals surface area (Å²) < 4.78 is 5.62. The fourth-order valence-electron chi connectivity index (χ4n) is 4.72. The van der Waals surface area contributed by atoms with Crippen LogP contribution >= 0.6 is 0 Å². The monoisotopic (exact) mass is 516 g/mol. The van der Waals surface area contributed by atoms with Crippen LogP contribution in [0, 0.1) is 0 Å². The van der Waals surface area contributed by atoms with Crippen LogP contribution < -0.4 is 25.8 Å². The van der Waals surface area contributed by atoms with Crippen LogP contribution in [0.4, 0.5) is 17.3 Å². The van der Waals surface area contributed by atoms with Crippen LogP contribution in [0.25, 0.3) is 16.7 Å². The van der Waals surface area contributed by atoms with Crippen molar-refractivity contribution < 1.29 is 4.74 Å². The van der Waals surface area contributed by atoms with Crippen molar-refractivity contribution in [2.75, 3.05) is 63.6 Å². The number of piperazine rings is 1. The van der Waals surface area contributed by atoms with Crippen molar-refractivity contribution >= 4 is 34.1 Å². The van der Waals surface area contributed by atoms with Crippen molar-refractivity contribution in [3.05, 3.63) is 58.7 Å². The number of hydrogen-bond acceptors (Lipinski definition) is 9. The minimum atomic E-state index is -0.265. The van der Waals surface area contributed by atoms with Crippen molar-refractivity contribution in [1.29, 1.82) is 0 Å². The van der Waals surface area contributed by atoms with Gasteiger partial charge in [0, 0.05) is 43.5 Å². The summed E-state index contributed by atoms with van der Waals surface area (Å²) in [4.78, 5) is 33.5. The number of likely N-dealkylation sites (N-methyl/N-ethyl adjacent to an activating group) is 1. The Labute approximate surface area is 222 Å². The van der Waals surface area contributed by atoms with Crippen LogP contribution in [-0.2, 0) is 0 Å². The summed E-state index contributed by atoms with van der Waals surface area (Å²) in [7, 11) is 3.79. The Morgan fingerprint density at radius 2 is 1.87 bits per heavy atom. The predicted octanol–water partition coefficient (Wildman–Crippen LogP) is 3.32. The molecule has 6 rings (SSSR count). The van der Waals surface area contributed by atoms with Gasteiger partial charge in [-0.25, -0.2) is 9.97 Å². The molecule has 0 amide bonds. The van der Waals surface area contributed by atoms with Gasteiger partial charge in [-0.15, -0.1) is 0 Å². The second-order valence-electron chi connectivity index (χ2n) is 9.74. The molecule has 0 bridgehead atoms. The molecule has 200 valence electrons. The van der Waals surface area contributed by atoms with Crippen LogP contribution in [0.1, 0.15) is 31.4 Å². The number of ether oxygens (including phenoxy) is 1. The number of fused-ring (bicyclic) bond motifs is 1. The summed E-state index contributed by atoms with van der Waals surface area (Å²) in [6.07, 6.45) is 12.3. The summed E-state index contributed by atoms with van der Waals surface area (Å²) in [6.45, 7) is 6.54. The average Bonchev–Trinajstić information content (AvgIpc) is 3.54. The van der Waals surface area contributed by atoms with E-state index in [0.29, 0.717) is 28.6 Å². The number of H-pyrrole nitrogens is 1. The smallest absolute Gasteiger partial charge is 0.276 e. The Morgan fingerprint density at radius 3 is 2.55 bits per heavy atom. The van der Waals surface area contributed by atoms with Crippen LogP contribution in [0.5, 0.6) is 5.75 Å². The third-order valence-corrected chi connectivity index (χ3v) is 6.97. The maximum atomic E-state index is 12.6. The van der Waals surface area contributed by atoms with Gasteiger partial charge in [-0.05, 0) is 58.0 Å². The van der Waals surface area contributed by atoms with Gasteiger partial charge in [0.2, 0.25) is 5.95 Å². The number of rotatable bonds is 5. The van der Waals surface area contributed by atoms with Gasteiger partial charge in [0.1, 0.15) is 17.0 Å². The third-order valence-electron chi connectivity index (χ3n) is 6.97. The molecule has 2 aromatic heterocycles. The van der Waals surface area contributed by atoms with Crippen LogP contribution in [0.15, 0.2) is 47.4 Å². The molecule has 0 unspecified atom stereocenters. The molecule has 0 atom stereocenters. The summed E-state index contributed by atoms with van der Waals surface area (Å²) in [5.74, 6) is 1.06. The SMILES string of the molecule is C1CCNC1.COc1cc(N2CCN(C)CC2)ccc1Nc1ncc2nc(C3=CCCC=C3)c(=O)[nH]c2n1. The van der Waals surface area contributed by atoms with Gasteiger partial charge in [0.15, 0.2) is 5.65 Å². The molecule has 1 aliphatic carbocycles. The number of nitrogens with one attached hydrogen (secondary N) is 3. The Kier molecular flexibility index (Phi) is 8.30. The molecule has 0 spiro atoms. The highest BCUT2D eigenvalue weighted by molar-refractivity contribution is 5.78. The lowest BCUT2D eigenvalue weighted by Crippen LogP contribution is -2.44. The van der Waals surface area contributed by atoms with Gasteiger partial charge in [-0.3, -0.25) is 4.79 Å². The molecule has 3 aliphatic rings. The van der Waals surface area contributed by atoms with E-state index in [1.165, 1.54) is 25.9 Å². The second-order valence-corrected chi connectivity index (χ2v) is 9.74. The molecule has 3 aromatic rings. The summed E-state index contributed by atoms with van der Waals surface area (Å²) in [5, 5.41) is 6.43. The van der Waals surface area contributed by atoms with E-state index >= 15 is 0 Å². The lowest BCUT2D eigenvalue weighted by molar-refractivity contribution is 0.312. The lowest BCUT2D eigenvalue weighted by Gasteiger charge is -2.34. The number of allylic oxidation sites excluding steroid dienone is 4. The Morgan fingerprint density at radius 1 is 1.05 bits per heavy atom. The van der Waals surface area contributed by atoms with Crippen molar-refractivity contribution in [3.8, 4) is 5.75 Å². The summed E-state index contributed by atoms with van der Waals surface area (Å²) >= 11 is 0. The Hall–Kier alpha value is -3.76. The van der Waals surface area contributed by atoms with Crippen LogP contribution in [-0.4, -0.2) is 78.3 Å². The van der Waals surface area contributed by atoms with E-state index in [1.807, 2.05) is 30.4 Å². The average molecular weight is 517 g/mol. The molecule has 0 saturated carbocycles. The molecule has 3 N–H and O–H groups in total. The number of aromatic amines is 1. The molecule has 1 aromatic carbocycles. The van der Waals surface area contributed by atoms with Gasteiger partial charge in [0.05, 0.1) is 19.0 Å². The quantitative estimate of drug-likeness (QED) is 0.470. The normalized spacial score (nSPS) is 17.6. The maximum absolute atomic E-state index is 12.6. The van der Waals surface area contributed by atoms with Gasteiger partial charge >= 0.3 is 0 Å². The molecule has 10 nitrogen and oxygen atoms in total. The fraction of sp³-hybridized carbons (Fsp3) is 0.429. The molecule has 2 aliphatic heterocycles. The van der Waals surface area contributed by atoms with Gasteiger partial charge in [-0.2, -0.15) is 4.98 Å². The standard InChI is InChI=1S/C24H27N7O2.C4H9N/c1-30-10-12-31(13-11-30)17-8-9-18(20(14-17)33-2)27-24-25-15-19-22(29-24)28-23(32)21(26-19)16-6-4-3-5-7-16;1-2-4-5-3-1/h4,6-9,14-15H,3,5,10-13H2,1-2H3,(H2,25,27,28,29,32);5H,1-4H2. The Bertz CT molecular complexity index is 1360. The van der Waals surface area contributed by atoms with E-state index in [1.54, 1.807) is 13.3 Å². The van der Waals surface area contributed by atoms with E-state index in [9.17, 15) is 4.79 Å². The fourth-order valence-corrected chi connectivity index (χ4v) is 4.72. The molecule has 2 fully saturated rings. The first-order valence-electron chi connectivity index (χ1n) is 13.3. The predicted molar refractivity (Wildman–Crippen MR) is 152 cm³/mol. The van der Waals surface area contributed by atoms with E-state index in [4.69, 9.17) is 4.74 Å². The zero-order valence-corrected chi connectivity index (χ0v) is 22.2. The van der Waals surface area contributed by atoms with E-state index in [0.717, 1.165) is 56.0 Å². The molecular weight excluding hydrogens is 480 g/mol.